The molecule has 0 aliphatic carbocycles. The second-order valence-electron chi connectivity index (χ2n) is 16.1. The highest BCUT2D eigenvalue weighted by Crippen LogP contribution is 2.46. The van der Waals surface area contributed by atoms with Gasteiger partial charge in [-0.25, -0.2) is 0 Å². The number of furan rings is 1. The number of nitriles is 3. The van der Waals surface area contributed by atoms with Crippen LogP contribution in [0.4, 0.5) is 0 Å². The van der Waals surface area contributed by atoms with E-state index in [1.54, 1.807) is 0 Å². The van der Waals surface area contributed by atoms with E-state index in [2.05, 4.69) is 129 Å². The zero-order chi connectivity index (χ0) is 42.6. The zero-order valence-electron chi connectivity index (χ0n) is 33.9. The van der Waals surface area contributed by atoms with Crippen LogP contribution in [0.1, 0.15) is 16.7 Å². The van der Waals surface area contributed by atoms with Crippen LogP contribution in [0.2, 0.25) is 0 Å². The lowest BCUT2D eigenvalue weighted by molar-refractivity contribution is 0.669. The Labute approximate surface area is 364 Å². The first-order chi connectivity index (χ1) is 31.7. The molecule has 9 aromatic carbocycles. The Hall–Kier alpha value is -9.35. The van der Waals surface area contributed by atoms with Crippen molar-refractivity contribution in [3.63, 3.8) is 0 Å². The average Bonchev–Trinajstić information content (AvgIpc) is 4.10. The van der Waals surface area contributed by atoms with E-state index >= 15 is 0 Å². The highest BCUT2D eigenvalue weighted by atomic mass is 16.3. The molecule has 0 bridgehead atoms. The van der Waals surface area contributed by atoms with Gasteiger partial charge in [0.05, 0.1) is 67.2 Å². The lowest BCUT2D eigenvalue weighted by Gasteiger charge is -2.18. The topological polar surface area (TPSA) is 99.3 Å². The maximum Gasteiger partial charge on any atom is 0.136 e. The van der Waals surface area contributed by atoms with Crippen molar-refractivity contribution >= 4 is 87.4 Å². The van der Waals surface area contributed by atoms with Crippen LogP contribution < -0.4 is 0 Å². The van der Waals surface area contributed by atoms with Crippen LogP contribution in [0.15, 0.2) is 186 Å². The van der Waals surface area contributed by atoms with Crippen molar-refractivity contribution in [2.24, 2.45) is 0 Å². The van der Waals surface area contributed by atoms with Crippen LogP contribution >= 0.6 is 0 Å². The van der Waals surface area contributed by atoms with Crippen LogP contribution in [-0.4, -0.2) is 13.7 Å². The van der Waals surface area contributed by atoms with E-state index in [1.165, 1.54) is 0 Å². The van der Waals surface area contributed by atoms with Gasteiger partial charge in [-0.2, -0.15) is 15.8 Å². The Morgan fingerprint density at radius 1 is 0.359 bits per heavy atom. The predicted molar refractivity (Wildman–Crippen MR) is 256 cm³/mol. The lowest BCUT2D eigenvalue weighted by atomic mass is 9.92. The summed E-state index contributed by atoms with van der Waals surface area (Å²) < 4.78 is 13.0. The van der Waals surface area contributed by atoms with Gasteiger partial charge in [-0.05, 0) is 78.9 Å². The number of rotatable bonds is 4. The van der Waals surface area contributed by atoms with E-state index in [9.17, 15) is 15.8 Å². The van der Waals surface area contributed by atoms with Gasteiger partial charge in [0.15, 0.2) is 0 Å². The third kappa shape index (κ3) is 4.71. The SMILES string of the molecule is N#Cc1ccc(-n2c3ccccc3c3ccc4c(c5ccccc5n4-c4ccccc4)c32)c(-c2ccc(-n3c4ccccc4c4c5c(ccc43)oc3ccccc35)c(C#N)c2C#N)c1. The molecule has 4 aromatic heterocycles. The van der Waals surface area contributed by atoms with Gasteiger partial charge in [0.25, 0.3) is 0 Å². The van der Waals surface area contributed by atoms with E-state index < -0.39 is 0 Å². The molecular weight excluding hydrogens is 785 g/mol. The molecule has 7 heteroatoms. The molecule has 13 aromatic rings. The quantitative estimate of drug-likeness (QED) is 0.177. The zero-order valence-corrected chi connectivity index (χ0v) is 33.9. The number of benzene rings is 9. The molecule has 0 fully saturated rings. The maximum absolute atomic E-state index is 11.2. The van der Waals surface area contributed by atoms with Crippen LogP contribution in [0.5, 0.6) is 0 Å². The molecule has 0 spiro atoms. The summed E-state index contributed by atoms with van der Waals surface area (Å²) in [5.41, 5.74) is 12.1. The molecule has 4 heterocycles. The first-order valence-corrected chi connectivity index (χ1v) is 21.0. The molecule has 13 rings (SSSR count). The van der Waals surface area contributed by atoms with E-state index in [-0.39, 0.29) is 11.1 Å². The number of para-hydroxylation sites is 5. The summed E-state index contributed by atoms with van der Waals surface area (Å²) in [7, 11) is 0. The van der Waals surface area contributed by atoms with Crippen LogP contribution in [0, 0.1) is 34.0 Å². The van der Waals surface area contributed by atoms with Gasteiger partial charge in [-0.15, -0.1) is 0 Å². The smallest absolute Gasteiger partial charge is 0.136 e. The molecule has 7 nitrogen and oxygen atoms in total. The first-order valence-electron chi connectivity index (χ1n) is 21.0. The molecule has 0 saturated carbocycles. The summed E-state index contributed by atoms with van der Waals surface area (Å²) in [6, 6.07) is 68.7. The predicted octanol–water partition coefficient (Wildman–Crippen LogP) is 14.2. The van der Waals surface area contributed by atoms with Crippen molar-refractivity contribution in [3.05, 3.63) is 199 Å². The van der Waals surface area contributed by atoms with Gasteiger partial charge < -0.3 is 18.1 Å². The number of hydrogen-bond donors (Lipinski definition) is 0. The summed E-state index contributed by atoms with van der Waals surface area (Å²) in [6.07, 6.45) is 0. The fourth-order valence-electron chi connectivity index (χ4n) is 10.4. The first kappa shape index (κ1) is 35.4. The van der Waals surface area contributed by atoms with Crippen molar-refractivity contribution < 1.29 is 4.42 Å². The van der Waals surface area contributed by atoms with E-state index in [4.69, 9.17) is 4.42 Å². The van der Waals surface area contributed by atoms with Crippen LogP contribution in [0.3, 0.4) is 0 Å². The fourth-order valence-corrected chi connectivity index (χ4v) is 10.4. The minimum absolute atomic E-state index is 0.226. The third-order valence-electron chi connectivity index (χ3n) is 13.0. The molecule has 0 unspecified atom stereocenters. The van der Waals surface area contributed by atoms with E-state index in [1.807, 2.05) is 84.9 Å². The molecule has 0 N–H and O–H groups in total. The standard InChI is InChI=1S/C57H30N6O/c58-31-34-22-25-48(63-45-18-8-4-14-37(45)38-24-27-51-55(57(38)63)40-16-6-9-19-46(40)61(51)35-12-2-1-3-13-35)42(30-34)36-23-26-49(44(33-60)43(36)32-59)62-47-20-10-5-15-39(47)54-50(62)28-29-53-56(54)41-17-7-11-21-52(41)64-53/h1-30H. The van der Waals surface area contributed by atoms with Gasteiger partial charge in [-0.3, -0.25) is 0 Å². The molecular formula is C57H30N6O. The molecule has 0 atom stereocenters. The average molecular weight is 815 g/mol. The summed E-state index contributed by atoms with van der Waals surface area (Å²) >= 11 is 0. The summed E-state index contributed by atoms with van der Waals surface area (Å²) in [5.74, 6) is 0. The fraction of sp³-hybridized carbons (Fsp3) is 0. The molecule has 0 aliphatic heterocycles. The molecule has 0 amide bonds. The third-order valence-corrected chi connectivity index (χ3v) is 13.0. The second-order valence-corrected chi connectivity index (χ2v) is 16.1. The molecule has 0 saturated heterocycles. The van der Waals surface area contributed by atoms with Gasteiger partial charge >= 0.3 is 0 Å². The van der Waals surface area contributed by atoms with Gasteiger partial charge in [0.1, 0.15) is 23.3 Å². The van der Waals surface area contributed by atoms with Crippen molar-refractivity contribution in [1.29, 1.82) is 15.8 Å². The summed E-state index contributed by atoms with van der Waals surface area (Å²) in [5, 5.41) is 41.2. The monoisotopic (exact) mass is 814 g/mol. The molecule has 64 heavy (non-hydrogen) atoms. The van der Waals surface area contributed by atoms with Crippen molar-refractivity contribution in [1.82, 2.24) is 13.7 Å². The molecule has 0 aliphatic rings. The molecule has 0 radical (unpaired) electrons. The number of hydrogen-bond acceptors (Lipinski definition) is 4. The minimum atomic E-state index is 0.226. The Morgan fingerprint density at radius 2 is 0.969 bits per heavy atom. The normalized spacial score (nSPS) is 11.7. The van der Waals surface area contributed by atoms with E-state index in [0.29, 0.717) is 22.4 Å². The maximum atomic E-state index is 11.2. The number of nitrogens with zero attached hydrogens (tertiary/aromatic N) is 6. The Morgan fingerprint density at radius 3 is 1.72 bits per heavy atom. The molecule has 294 valence electrons. The van der Waals surface area contributed by atoms with E-state index in [0.717, 1.165) is 98.7 Å². The van der Waals surface area contributed by atoms with Crippen LogP contribution in [-0.2, 0) is 0 Å². The number of fused-ring (bicyclic) bond motifs is 14. The Balaban J connectivity index is 1.12. The lowest BCUT2D eigenvalue weighted by Crippen LogP contribution is -2.04. The van der Waals surface area contributed by atoms with Gasteiger partial charge in [-0.1, -0.05) is 103 Å². The van der Waals surface area contributed by atoms with Gasteiger partial charge in [0.2, 0.25) is 0 Å². The largest absolute Gasteiger partial charge is 0.456 e. The van der Waals surface area contributed by atoms with Crippen molar-refractivity contribution in [3.8, 4) is 46.4 Å². The summed E-state index contributed by atoms with van der Waals surface area (Å²) in [4.78, 5) is 0. The van der Waals surface area contributed by atoms with Crippen molar-refractivity contribution in [2.45, 2.75) is 0 Å². The van der Waals surface area contributed by atoms with Gasteiger partial charge in [0, 0.05) is 59.9 Å². The Kier molecular flexibility index (Phi) is 7.37. The summed E-state index contributed by atoms with van der Waals surface area (Å²) in [6.45, 7) is 0. The highest BCUT2D eigenvalue weighted by molar-refractivity contribution is 6.28. The Bertz CT molecular complexity index is 4290. The minimum Gasteiger partial charge on any atom is -0.456 e. The number of aromatic nitrogens is 3. The van der Waals surface area contributed by atoms with Crippen LogP contribution in [0.25, 0.3) is 116 Å². The second kappa shape index (κ2) is 13.3. The highest BCUT2D eigenvalue weighted by Gasteiger charge is 2.26. The van der Waals surface area contributed by atoms with Crippen molar-refractivity contribution in [2.75, 3.05) is 0 Å².